The molecule has 2 aromatic carbocycles. The van der Waals surface area contributed by atoms with Crippen LogP contribution in [-0.4, -0.2) is 63.1 Å². The number of ether oxygens (including phenoxy) is 1. The Morgan fingerprint density at radius 1 is 0.867 bits per heavy atom. The third-order valence-corrected chi connectivity index (χ3v) is 7.28. The van der Waals surface area contributed by atoms with Gasteiger partial charge in [0.2, 0.25) is 0 Å². The average Bonchev–Trinajstić information content (AvgIpc) is 2.79. The molecular formula is C21H25NO7Te. The van der Waals surface area contributed by atoms with Crippen LogP contribution in [-0.2, 0) is 19.4 Å². The van der Waals surface area contributed by atoms with Gasteiger partial charge in [0.05, 0.1) is 0 Å². The SMILES string of the molecule is O=C(CCN(CCC(=O)OO)c1ccc([Te]CCCOc2ccccc2)cc1)OO. The number of carbonyl (C=O) groups excluding carboxylic acids is 2. The summed E-state index contributed by atoms with van der Waals surface area (Å²) in [4.78, 5) is 31.6. The van der Waals surface area contributed by atoms with E-state index in [-0.39, 0.29) is 46.9 Å². The zero-order chi connectivity index (χ0) is 21.6. The summed E-state index contributed by atoms with van der Waals surface area (Å²) in [5, 5.41) is 16.8. The Hall–Kier alpha value is -2.31. The Bertz CT molecular complexity index is 751. The molecule has 0 heterocycles. The van der Waals surface area contributed by atoms with Gasteiger partial charge in [0.1, 0.15) is 0 Å². The van der Waals surface area contributed by atoms with Crippen molar-refractivity contribution in [3.63, 3.8) is 0 Å². The van der Waals surface area contributed by atoms with Crippen molar-refractivity contribution in [2.24, 2.45) is 0 Å². The summed E-state index contributed by atoms with van der Waals surface area (Å²) in [7, 11) is 0. The summed E-state index contributed by atoms with van der Waals surface area (Å²) in [5.74, 6) is -0.630. The Morgan fingerprint density at radius 2 is 1.47 bits per heavy atom. The monoisotopic (exact) mass is 533 g/mol. The van der Waals surface area contributed by atoms with Crippen LogP contribution in [0.15, 0.2) is 54.6 Å². The van der Waals surface area contributed by atoms with Gasteiger partial charge in [-0.05, 0) is 0 Å². The number of benzene rings is 2. The van der Waals surface area contributed by atoms with Gasteiger partial charge in [0, 0.05) is 0 Å². The second kappa shape index (κ2) is 13.8. The van der Waals surface area contributed by atoms with Crippen molar-refractivity contribution in [1.82, 2.24) is 0 Å². The topological polar surface area (TPSA) is 106 Å². The third-order valence-electron chi connectivity index (χ3n) is 4.15. The van der Waals surface area contributed by atoms with E-state index in [2.05, 4.69) is 21.9 Å². The van der Waals surface area contributed by atoms with E-state index < -0.39 is 11.9 Å². The number of nitrogens with zero attached hydrogens (tertiary/aromatic N) is 1. The van der Waals surface area contributed by atoms with Crippen molar-refractivity contribution in [2.75, 3.05) is 24.6 Å². The van der Waals surface area contributed by atoms with Crippen molar-refractivity contribution < 1.29 is 34.6 Å². The first-order valence-corrected chi connectivity index (χ1v) is 12.3. The molecule has 9 heteroatoms. The van der Waals surface area contributed by atoms with Gasteiger partial charge < -0.3 is 0 Å². The van der Waals surface area contributed by atoms with Gasteiger partial charge in [-0.1, -0.05) is 0 Å². The zero-order valence-electron chi connectivity index (χ0n) is 16.4. The van der Waals surface area contributed by atoms with Crippen LogP contribution in [0.3, 0.4) is 0 Å². The number of hydrogen-bond donors (Lipinski definition) is 2. The van der Waals surface area contributed by atoms with Gasteiger partial charge in [-0.25, -0.2) is 0 Å². The van der Waals surface area contributed by atoms with E-state index in [1.54, 1.807) is 4.90 Å². The molecule has 0 aliphatic rings. The molecule has 30 heavy (non-hydrogen) atoms. The molecular weight excluding hydrogens is 506 g/mol. The van der Waals surface area contributed by atoms with Gasteiger partial charge >= 0.3 is 185 Å². The van der Waals surface area contributed by atoms with Crippen LogP contribution in [0.25, 0.3) is 0 Å². The molecule has 0 radical (unpaired) electrons. The van der Waals surface area contributed by atoms with Crippen LogP contribution in [0.5, 0.6) is 5.75 Å². The normalized spacial score (nSPS) is 10.3. The fraction of sp³-hybridized carbons (Fsp3) is 0.333. The number of carbonyl (C=O) groups is 2. The molecule has 2 aromatic rings. The molecule has 0 aliphatic carbocycles. The summed E-state index contributed by atoms with van der Waals surface area (Å²) in [6.45, 7) is 1.21. The van der Waals surface area contributed by atoms with E-state index in [0.717, 1.165) is 22.3 Å². The molecule has 0 fully saturated rings. The second-order valence-electron chi connectivity index (χ2n) is 6.27. The molecule has 0 amide bonds. The average molecular weight is 531 g/mol. The van der Waals surface area contributed by atoms with Crippen LogP contribution in [0.4, 0.5) is 5.69 Å². The second-order valence-corrected chi connectivity index (χ2v) is 9.61. The van der Waals surface area contributed by atoms with Crippen LogP contribution in [0, 0.1) is 0 Å². The van der Waals surface area contributed by atoms with Crippen molar-refractivity contribution in [2.45, 2.75) is 23.7 Å². The van der Waals surface area contributed by atoms with E-state index in [9.17, 15) is 9.59 Å². The first kappa shape index (κ1) is 24.0. The number of anilines is 1. The Labute approximate surface area is 185 Å². The first-order chi connectivity index (χ1) is 14.6. The molecule has 0 aromatic heterocycles. The van der Waals surface area contributed by atoms with Gasteiger partial charge in [-0.15, -0.1) is 0 Å². The van der Waals surface area contributed by atoms with Crippen LogP contribution < -0.4 is 13.2 Å². The summed E-state index contributed by atoms with van der Waals surface area (Å²) in [6.07, 6.45) is 0.918. The molecule has 0 saturated heterocycles. The molecule has 2 rings (SSSR count). The van der Waals surface area contributed by atoms with E-state index in [4.69, 9.17) is 15.3 Å². The quantitative estimate of drug-likeness (QED) is 0.176. The van der Waals surface area contributed by atoms with Crippen molar-refractivity contribution >= 4 is 42.2 Å². The molecule has 0 saturated carbocycles. The van der Waals surface area contributed by atoms with Gasteiger partial charge in [-0.2, -0.15) is 0 Å². The Kier molecular flexibility index (Phi) is 11.0. The van der Waals surface area contributed by atoms with Gasteiger partial charge in [-0.3, -0.25) is 0 Å². The predicted molar refractivity (Wildman–Crippen MR) is 112 cm³/mol. The van der Waals surface area contributed by atoms with E-state index in [1.807, 2.05) is 42.5 Å². The first-order valence-electron chi connectivity index (χ1n) is 9.46. The number of hydrogen-bond acceptors (Lipinski definition) is 8. The van der Waals surface area contributed by atoms with Crippen LogP contribution >= 0.6 is 0 Å². The molecule has 0 atom stereocenters. The summed E-state index contributed by atoms with van der Waals surface area (Å²) >= 11 is -0.336. The van der Waals surface area contributed by atoms with Crippen LogP contribution in [0.2, 0.25) is 4.47 Å². The maximum absolute atomic E-state index is 11.2. The predicted octanol–water partition coefficient (Wildman–Crippen LogP) is 2.52. The number of para-hydroxylation sites is 1. The van der Waals surface area contributed by atoms with Crippen molar-refractivity contribution in [3.05, 3.63) is 54.6 Å². The summed E-state index contributed by atoms with van der Waals surface area (Å²) < 4.78 is 8.12. The molecule has 2 N–H and O–H groups in total. The standard InChI is InChI=1S/C21H25NO7Te/c23-20(28-25)11-13-22(14-12-21(24)29-26)17-7-9-19(10-8-17)30-16-4-15-27-18-5-2-1-3-6-18/h1-3,5-10,25-26H,4,11-16H2. The summed E-state index contributed by atoms with van der Waals surface area (Å²) in [6, 6.07) is 17.7. The fourth-order valence-corrected chi connectivity index (χ4v) is 4.98. The molecule has 8 nitrogen and oxygen atoms in total. The number of rotatable bonds is 13. The van der Waals surface area contributed by atoms with E-state index >= 15 is 0 Å². The zero-order valence-corrected chi connectivity index (χ0v) is 18.8. The van der Waals surface area contributed by atoms with E-state index in [1.165, 1.54) is 3.61 Å². The Balaban J connectivity index is 1.81. The molecule has 0 spiro atoms. The molecule has 0 unspecified atom stereocenters. The van der Waals surface area contributed by atoms with Crippen LogP contribution in [0.1, 0.15) is 19.3 Å². The molecule has 0 aliphatic heterocycles. The van der Waals surface area contributed by atoms with Crippen molar-refractivity contribution in [3.8, 4) is 5.75 Å². The van der Waals surface area contributed by atoms with E-state index in [0.29, 0.717) is 6.61 Å². The van der Waals surface area contributed by atoms with Gasteiger partial charge in [0.15, 0.2) is 0 Å². The molecule has 162 valence electrons. The minimum absolute atomic E-state index is 0.0397. The molecule has 0 bridgehead atoms. The Morgan fingerprint density at radius 3 is 2.03 bits per heavy atom. The third kappa shape index (κ3) is 9.01. The van der Waals surface area contributed by atoms with Crippen molar-refractivity contribution in [1.29, 1.82) is 0 Å². The fourth-order valence-electron chi connectivity index (χ4n) is 2.62. The maximum atomic E-state index is 11.2. The van der Waals surface area contributed by atoms with Gasteiger partial charge in [0.25, 0.3) is 0 Å². The summed E-state index contributed by atoms with van der Waals surface area (Å²) in [5.41, 5.74) is 0.829. The minimum atomic E-state index is -0.758.